The van der Waals surface area contributed by atoms with Crippen molar-refractivity contribution in [3.05, 3.63) is 58.3 Å². The molecule has 1 aliphatic rings. The molecule has 3 heteroatoms. The van der Waals surface area contributed by atoms with Gasteiger partial charge in [0.25, 0.3) is 0 Å². The molecule has 0 unspecified atom stereocenters. The van der Waals surface area contributed by atoms with Crippen molar-refractivity contribution in [3.63, 3.8) is 0 Å². The normalized spacial score (nSPS) is 14.6. The predicted molar refractivity (Wildman–Crippen MR) is 79.4 cm³/mol. The summed E-state index contributed by atoms with van der Waals surface area (Å²) in [6.45, 7) is 0.798. The van der Waals surface area contributed by atoms with Gasteiger partial charge in [-0.05, 0) is 42.2 Å². The quantitative estimate of drug-likeness (QED) is 0.874. The van der Waals surface area contributed by atoms with Gasteiger partial charge in [-0.15, -0.1) is 0 Å². The van der Waals surface area contributed by atoms with Crippen LogP contribution in [0.2, 0.25) is 0 Å². The Morgan fingerprint density at radius 1 is 1.11 bits per heavy atom. The van der Waals surface area contributed by atoms with Gasteiger partial charge in [0, 0.05) is 22.6 Å². The van der Waals surface area contributed by atoms with Gasteiger partial charge in [-0.25, -0.2) is 4.39 Å². The largest absolute Gasteiger partial charge is 0.310 e. The van der Waals surface area contributed by atoms with Crippen molar-refractivity contribution >= 4 is 15.9 Å². The van der Waals surface area contributed by atoms with E-state index in [1.54, 1.807) is 6.07 Å². The SMILES string of the molecule is Fc1ccc(Br)cc1-c1ccccc1CNC1CC1. The molecule has 0 radical (unpaired) electrons. The van der Waals surface area contributed by atoms with Crippen molar-refractivity contribution in [2.24, 2.45) is 0 Å². The minimum absolute atomic E-state index is 0.179. The lowest BCUT2D eigenvalue weighted by Crippen LogP contribution is -2.15. The first-order chi connectivity index (χ1) is 9.24. The molecule has 1 N–H and O–H groups in total. The predicted octanol–water partition coefficient (Wildman–Crippen LogP) is 4.51. The molecule has 3 rings (SSSR count). The van der Waals surface area contributed by atoms with Crippen molar-refractivity contribution in [1.29, 1.82) is 0 Å². The second-order valence-electron chi connectivity index (χ2n) is 4.94. The summed E-state index contributed by atoms with van der Waals surface area (Å²) < 4.78 is 14.9. The number of nitrogens with one attached hydrogen (secondary N) is 1. The molecule has 0 saturated heterocycles. The van der Waals surface area contributed by atoms with Crippen LogP contribution in [0.1, 0.15) is 18.4 Å². The van der Waals surface area contributed by atoms with Gasteiger partial charge in [-0.1, -0.05) is 40.2 Å². The lowest BCUT2D eigenvalue weighted by Gasteiger charge is -2.11. The second-order valence-corrected chi connectivity index (χ2v) is 5.85. The highest BCUT2D eigenvalue weighted by atomic mass is 79.9. The third kappa shape index (κ3) is 3.04. The topological polar surface area (TPSA) is 12.0 Å². The number of benzene rings is 2. The maximum absolute atomic E-state index is 14.0. The summed E-state index contributed by atoms with van der Waals surface area (Å²) in [6, 6.07) is 13.7. The van der Waals surface area contributed by atoms with E-state index in [9.17, 15) is 4.39 Å². The molecule has 19 heavy (non-hydrogen) atoms. The van der Waals surface area contributed by atoms with Crippen molar-refractivity contribution in [2.45, 2.75) is 25.4 Å². The van der Waals surface area contributed by atoms with E-state index >= 15 is 0 Å². The molecular formula is C16H15BrFN. The zero-order valence-electron chi connectivity index (χ0n) is 10.5. The van der Waals surface area contributed by atoms with E-state index in [1.807, 2.05) is 24.3 Å². The summed E-state index contributed by atoms with van der Waals surface area (Å²) in [5.41, 5.74) is 2.77. The molecule has 0 aromatic heterocycles. The summed E-state index contributed by atoms with van der Waals surface area (Å²) >= 11 is 3.41. The van der Waals surface area contributed by atoms with Gasteiger partial charge >= 0.3 is 0 Å². The summed E-state index contributed by atoms with van der Waals surface area (Å²) in [4.78, 5) is 0. The van der Waals surface area contributed by atoms with Crippen LogP contribution in [0.25, 0.3) is 11.1 Å². The van der Waals surface area contributed by atoms with Crippen molar-refractivity contribution < 1.29 is 4.39 Å². The van der Waals surface area contributed by atoms with Crippen LogP contribution < -0.4 is 5.32 Å². The molecule has 98 valence electrons. The van der Waals surface area contributed by atoms with E-state index in [-0.39, 0.29) is 5.82 Å². The minimum Gasteiger partial charge on any atom is -0.310 e. The highest BCUT2D eigenvalue weighted by molar-refractivity contribution is 9.10. The maximum atomic E-state index is 14.0. The monoisotopic (exact) mass is 319 g/mol. The average molecular weight is 320 g/mol. The Morgan fingerprint density at radius 3 is 2.68 bits per heavy atom. The fraction of sp³-hybridized carbons (Fsp3) is 0.250. The third-order valence-electron chi connectivity index (χ3n) is 3.39. The first-order valence-corrected chi connectivity index (χ1v) is 7.30. The van der Waals surface area contributed by atoms with Crippen LogP contribution >= 0.6 is 15.9 Å². The highest BCUT2D eigenvalue weighted by Gasteiger charge is 2.20. The molecule has 2 aromatic rings. The number of rotatable bonds is 4. The molecule has 0 atom stereocenters. The first kappa shape index (κ1) is 12.8. The van der Waals surface area contributed by atoms with Crippen molar-refractivity contribution in [1.82, 2.24) is 5.32 Å². The zero-order chi connectivity index (χ0) is 13.2. The maximum Gasteiger partial charge on any atom is 0.131 e. The van der Waals surface area contributed by atoms with Gasteiger partial charge < -0.3 is 5.32 Å². The Kier molecular flexibility index (Phi) is 3.67. The number of halogens is 2. The summed E-state index contributed by atoms with van der Waals surface area (Å²) in [6.07, 6.45) is 2.51. The molecular weight excluding hydrogens is 305 g/mol. The van der Waals surface area contributed by atoms with E-state index in [1.165, 1.54) is 18.9 Å². The lowest BCUT2D eigenvalue weighted by molar-refractivity contribution is 0.630. The number of hydrogen-bond donors (Lipinski definition) is 1. The average Bonchev–Trinajstić information content (AvgIpc) is 3.24. The van der Waals surface area contributed by atoms with Crippen LogP contribution in [0, 0.1) is 5.82 Å². The molecule has 0 spiro atoms. The van der Waals surface area contributed by atoms with Gasteiger partial charge in [0.05, 0.1) is 0 Å². The molecule has 1 saturated carbocycles. The lowest BCUT2D eigenvalue weighted by atomic mass is 9.99. The van der Waals surface area contributed by atoms with Crippen LogP contribution in [-0.4, -0.2) is 6.04 Å². The van der Waals surface area contributed by atoms with E-state index in [2.05, 4.69) is 27.3 Å². The Morgan fingerprint density at radius 2 is 1.89 bits per heavy atom. The smallest absolute Gasteiger partial charge is 0.131 e. The highest BCUT2D eigenvalue weighted by Crippen LogP contribution is 2.29. The fourth-order valence-corrected chi connectivity index (χ4v) is 2.54. The third-order valence-corrected chi connectivity index (χ3v) is 3.89. The molecule has 2 aromatic carbocycles. The summed E-state index contributed by atoms with van der Waals surface area (Å²) in [5, 5.41) is 3.48. The molecule has 0 heterocycles. The zero-order valence-corrected chi connectivity index (χ0v) is 12.1. The summed E-state index contributed by atoms with van der Waals surface area (Å²) in [7, 11) is 0. The van der Waals surface area contributed by atoms with Crippen LogP contribution in [0.4, 0.5) is 4.39 Å². The van der Waals surface area contributed by atoms with Gasteiger partial charge in [-0.2, -0.15) is 0 Å². The van der Waals surface area contributed by atoms with Gasteiger partial charge in [0.2, 0.25) is 0 Å². The van der Waals surface area contributed by atoms with Crippen molar-refractivity contribution in [2.75, 3.05) is 0 Å². The molecule has 0 bridgehead atoms. The molecule has 0 aliphatic heterocycles. The van der Waals surface area contributed by atoms with Crippen LogP contribution in [0.3, 0.4) is 0 Å². The molecule has 0 amide bonds. The van der Waals surface area contributed by atoms with E-state index in [0.29, 0.717) is 11.6 Å². The van der Waals surface area contributed by atoms with Crippen LogP contribution in [0.5, 0.6) is 0 Å². The Labute approximate surface area is 121 Å². The van der Waals surface area contributed by atoms with Gasteiger partial charge in [0.15, 0.2) is 0 Å². The van der Waals surface area contributed by atoms with E-state index in [0.717, 1.165) is 22.1 Å². The first-order valence-electron chi connectivity index (χ1n) is 6.51. The number of hydrogen-bond acceptors (Lipinski definition) is 1. The Bertz CT molecular complexity index is 593. The van der Waals surface area contributed by atoms with Crippen LogP contribution in [-0.2, 0) is 6.54 Å². The molecule has 1 nitrogen and oxygen atoms in total. The Balaban J connectivity index is 1.95. The fourth-order valence-electron chi connectivity index (χ4n) is 2.18. The second kappa shape index (κ2) is 5.43. The van der Waals surface area contributed by atoms with E-state index < -0.39 is 0 Å². The Hall–Kier alpha value is -1.19. The van der Waals surface area contributed by atoms with Gasteiger partial charge in [0.1, 0.15) is 5.82 Å². The molecule has 1 fully saturated rings. The standard InChI is InChI=1S/C16H15BrFN/c17-12-5-8-16(18)15(9-12)14-4-2-1-3-11(14)10-19-13-6-7-13/h1-5,8-9,13,19H,6-7,10H2. The van der Waals surface area contributed by atoms with E-state index in [4.69, 9.17) is 0 Å². The molecule has 1 aliphatic carbocycles. The summed E-state index contributed by atoms with van der Waals surface area (Å²) in [5.74, 6) is -0.179. The van der Waals surface area contributed by atoms with Crippen LogP contribution in [0.15, 0.2) is 46.9 Å². The minimum atomic E-state index is -0.179. The van der Waals surface area contributed by atoms with Gasteiger partial charge in [-0.3, -0.25) is 0 Å². The van der Waals surface area contributed by atoms with Crippen molar-refractivity contribution in [3.8, 4) is 11.1 Å².